The zero-order chi connectivity index (χ0) is 11.7. The lowest BCUT2D eigenvalue weighted by Gasteiger charge is -2.45. The number of rotatable bonds is 2. The first-order valence-electron chi connectivity index (χ1n) is 5.62. The smallest absolute Gasteiger partial charge is 0.249 e. The van der Waals surface area contributed by atoms with Crippen LogP contribution < -0.4 is 0 Å². The molecule has 0 aliphatic carbocycles. The molecule has 0 N–H and O–H groups in total. The normalized spacial score (nSPS) is 25.4. The molecule has 1 rings (SSSR count). The highest BCUT2D eigenvalue weighted by molar-refractivity contribution is 7.59. The van der Waals surface area contributed by atoms with E-state index in [0.29, 0.717) is 0 Å². The highest BCUT2D eigenvalue weighted by atomic mass is 32.1. The summed E-state index contributed by atoms with van der Waals surface area (Å²) >= 11 is 0. The molecule has 1 aliphatic heterocycles. The van der Waals surface area contributed by atoms with Crippen LogP contribution in [-0.2, 0) is 9.53 Å². The van der Waals surface area contributed by atoms with Gasteiger partial charge in [-0.1, -0.05) is 20.8 Å². The van der Waals surface area contributed by atoms with Crippen LogP contribution in [0.2, 0.25) is 0 Å². The summed E-state index contributed by atoms with van der Waals surface area (Å²) < 4.78 is 4.93. The molecule has 96 valence electrons. The Labute approximate surface area is 106 Å². The fraction of sp³-hybridized carbons (Fsp3) is 0.917. The van der Waals surface area contributed by atoms with E-state index in [9.17, 15) is 4.79 Å². The van der Waals surface area contributed by atoms with Gasteiger partial charge in [0.25, 0.3) is 0 Å². The van der Waals surface area contributed by atoms with Crippen molar-refractivity contribution >= 4 is 19.4 Å². The van der Waals surface area contributed by atoms with Gasteiger partial charge >= 0.3 is 0 Å². The van der Waals surface area contributed by atoms with E-state index in [2.05, 4.69) is 27.7 Å². The third kappa shape index (κ3) is 2.72. The summed E-state index contributed by atoms with van der Waals surface area (Å²) in [6, 6.07) is 0. The molecule has 0 aromatic heterocycles. The first-order chi connectivity index (χ1) is 6.83. The van der Waals surface area contributed by atoms with Gasteiger partial charge in [0.05, 0.1) is 0 Å². The topological polar surface area (TPSA) is 29.5 Å². The molecule has 1 aliphatic rings. The maximum Gasteiger partial charge on any atom is 0.249 e. The molecule has 0 unspecified atom stereocenters. The van der Waals surface area contributed by atoms with Crippen molar-refractivity contribution in [3.8, 4) is 0 Å². The number of amides is 1. The molecule has 0 radical (unpaired) electrons. The molecule has 1 fully saturated rings. The molecule has 4 heteroatoms. The van der Waals surface area contributed by atoms with Crippen molar-refractivity contribution in [2.45, 2.75) is 46.1 Å². The van der Waals surface area contributed by atoms with Gasteiger partial charge in [0.1, 0.15) is 6.61 Å². The highest BCUT2D eigenvalue weighted by Crippen LogP contribution is 2.43. The molecule has 1 saturated heterocycles. The van der Waals surface area contributed by atoms with Crippen LogP contribution in [0.5, 0.6) is 0 Å². The second-order valence-corrected chi connectivity index (χ2v) is 5.61. The monoisotopic (exact) mass is 247 g/mol. The molecule has 1 amide bonds. The molecular formula is C12H25NO2S. The van der Waals surface area contributed by atoms with Gasteiger partial charge < -0.3 is 9.64 Å². The van der Waals surface area contributed by atoms with Crippen molar-refractivity contribution in [3.05, 3.63) is 0 Å². The van der Waals surface area contributed by atoms with Crippen LogP contribution in [0.15, 0.2) is 0 Å². The zero-order valence-corrected chi connectivity index (χ0v) is 12.1. The number of ether oxygens (including phenoxy) is 1. The SMILES string of the molecule is COCC(=O)N1CCC[C@@]1(C)C(C)(C)C.S. The summed E-state index contributed by atoms with van der Waals surface area (Å²) in [6.07, 6.45) is 2.19. The van der Waals surface area contributed by atoms with Gasteiger partial charge in [-0.25, -0.2) is 0 Å². The molecule has 0 spiro atoms. The second-order valence-electron chi connectivity index (χ2n) is 5.61. The fourth-order valence-electron chi connectivity index (χ4n) is 2.34. The average Bonchev–Trinajstić information content (AvgIpc) is 2.48. The Morgan fingerprint density at radius 2 is 2.00 bits per heavy atom. The van der Waals surface area contributed by atoms with E-state index >= 15 is 0 Å². The van der Waals surface area contributed by atoms with Crippen molar-refractivity contribution in [2.24, 2.45) is 5.41 Å². The van der Waals surface area contributed by atoms with Gasteiger partial charge in [0.2, 0.25) is 5.91 Å². The van der Waals surface area contributed by atoms with E-state index in [1.54, 1.807) is 7.11 Å². The van der Waals surface area contributed by atoms with Gasteiger partial charge in [0.15, 0.2) is 0 Å². The minimum absolute atomic E-state index is 0. The molecule has 3 nitrogen and oxygen atoms in total. The lowest BCUT2D eigenvalue weighted by atomic mass is 9.73. The lowest BCUT2D eigenvalue weighted by molar-refractivity contribution is -0.142. The van der Waals surface area contributed by atoms with E-state index in [1.807, 2.05) is 4.90 Å². The lowest BCUT2D eigenvalue weighted by Crippen LogP contribution is -2.54. The van der Waals surface area contributed by atoms with Crippen molar-refractivity contribution < 1.29 is 9.53 Å². The van der Waals surface area contributed by atoms with Gasteiger partial charge in [0, 0.05) is 19.2 Å². The Hall–Kier alpha value is -0.220. The molecule has 0 aromatic carbocycles. The summed E-state index contributed by atoms with van der Waals surface area (Å²) in [6.45, 7) is 9.86. The second kappa shape index (κ2) is 5.41. The first-order valence-corrected chi connectivity index (χ1v) is 5.62. The number of nitrogens with zero attached hydrogens (tertiary/aromatic N) is 1. The third-order valence-corrected chi connectivity index (χ3v) is 3.83. The molecule has 0 saturated carbocycles. The van der Waals surface area contributed by atoms with E-state index < -0.39 is 0 Å². The van der Waals surface area contributed by atoms with E-state index in [1.165, 1.54) is 0 Å². The molecule has 0 bridgehead atoms. The minimum Gasteiger partial charge on any atom is -0.375 e. The number of likely N-dealkylation sites (tertiary alicyclic amines) is 1. The number of methoxy groups -OCH3 is 1. The average molecular weight is 247 g/mol. The molecule has 16 heavy (non-hydrogen) atoms. The predicted molar refractivity (Wildman–Crippen MR) is 71.1 cm³/mol. The molecule has 1 heterocycles. The first kappa shape index (κ1) is 15.8. The van der Waals surface area contributed by atoms with Gasteiger partial charge in [-0.05, 0) is 25.2 Å². The quantitative estimate of drug-likeness (QED) is 0.748. The van der Waals surface area contributed by atoms with Crippen molar-refractivity contribution in [1.29, 1.82) is 0 Å². The van der Waals surface area contributed by atoms with Crippen molar-refractivity contribution in [2.75, 3.05) is 20.3 Å². The van der Waals surface area contributed by atoms with E-state index in [0.717, 1.165) is 19.4 Å². The standard InChI is InChI=1S/C12H23NO2.H2S/c1-11(2,3)12(4)7-6-8-13(12)10(14)9-15-5;/h6-9H2,1-5H3;1H2/t12-;/m0./s1. The van der Waals surface area contributed by atoms with Gasteiger partial charge in [-0.15, -0.1) is 0 Å². The van der Waals surface area contributed by atoms with Crippen molar-refractivity contribution in [3.63, 3.8) is 0 Å². The molecule has 0 aromatic rings. The summed E-state index contributed by atoms with van der Waals surface area (Å²) in [7, 11) is 1.57. The van der Waals surface area contributed by atoms with E-state index in [-0.39, 0.29) is 37.0 Å². The Balaban J connectivity index is 0.00000225. The Bertz CT molecular complexity index is 250. The van der Waals surface area contributed by atoms with Crippen LogP contribution in [0.25, 0.3) is 0 Å². The van der Waals surface area contributed by atoms with Crippen LogP contribution >= 0.6 is 13.5 Å². The summed E-state index contributed by atoms with van der Waals surface area (Å²) in [5.41, 5.74) is 0.0928. The maximum atomic E-state index is 11.9. The number of carbonyl (C=O) groups is 1. The Morgan fingerprint density at radius 3 is 2.44 bits per heavy atom. The van der Waals surface area contributed by atoms with Crippen LogP contribution in [-0.4, -0.2) is 36.6 Å². The number of hydrogen-bond acceptors (Lipinski definition) is 2. The number of carbonyl (C=O) groups excluding carboxylic acids is 1. The third-order valence-electron chi connectivity index (χ3n) is 3.83. The largest absolute Gasteiger partial charge is 0.375 e. The molecule has 1 atom stereocenters. The Morgan fingerprint density at radius 1 is 1.44 bits per heavy atom. The Kier molecular flexibility index (Phi) is 5.33. The van der Waals surface area contributed by atoms with Crippen molar-refractivity contribution in [1.82, 2.24) is 4.90 Å². The summed E-state index contributed by atoms with van der Waals surface area (Å²) in [4.78, 5) is 13.9. The van der Waals surface area contributed by atoms with Crippen LogP contribution in [0, 0.1) is 5.41 Å². The highest BCUT2D eigenvalue weighted by Gasteiger charge is 2.47. The predicted octanol–water partition coefficient (Wildman–Crippen LogP) is 2.17. The van der Waals surface area contributed by atoms with Crippen LogP contribution in [0.1, 0.15) is 40.5 Å². The van der Waals surface area contributed by atoms with Gasteiger partial charge in [-0.3, -0.25) is 4.79 Å². The fourth-order valence-corrected chi connectivity index (χ4v) is 2.34. The van der Waals surface area contributed by atoms with E-state index in [4.69, 9.17) is 4.74 Å². The molecular weight excluding hydrogens is 222 g/mol. The minimum atomic E-state index is -0.0252. The summed E-state index contributed by atoms with van der Waals surface area (Å²) in [5, 5.41) is 0. The maximum absolute atomic E-state index is 11.9. The number of hydrogen-bond donors (Lipinski definition) is 0. The van der Waals surface area contributed by atoms with Crippen LogP contribution in [0.4, 0.5) is 0 Å². The zero-order valence-electron chi connectivity index (χ0n) is 11.1. The summed E-state index contributed by atoms with van der Waals surface area (Å²) in [5.74, 6) is 0.118. The van der Waals surface area contributed by atoms with Crippen LogP contribution in [0.3, 0.4) is 0 Å². The van der Waals surface area contributed by atoms with Gasteiger partial charge in [-0.2, -0.15) is 13.5 Å².